The van der Waals surface area contributed by atoms with Gasteiger partial charge in [0, 0.05) is 0 Å². The minimum atomic E-state index is -0.182. The molecule has 0 aromatic heterocycles. The van der Waals surface area contributed by atoms with Crippen LogP contribution in [0.25, 0.3) is 0 Å². The van der Waals surface area contributed by atoms with Crippen molar-refractivity contribution in [3.8, 4) is 0 Å². The maximum absolute atomic E-state index is 10.0. The molecule has 0 saturated heterocycles. The molecular formula is C28H44O. The summed E-state index contributed by atoms with van der Waals surface area (Å²) in [4.78, 5) is 0. The topological polar surface area (TPSA) is 20.2 Å². The van der Waals surface area contributed by atoms with Gasteiger partial charge in [-0.3, -0.25) is 0 Å². The fourth-order valence-electron chi connectivity index (χ4n) is 6.25. The molecule has 3 aliphatic carbocycles. The van der Waals surface area contributed by atoms with Crippen molar-refractivity contribution in [3.05, 3.63) is 47.6 Å². The first-order valence-electron chi connectivity index (χ1n) is 12.2. The lowest BCUT2D eigenvalue weighted by molar-refractivity contribution is 0.112. The summed E-state index contributed by atoms with van der Waals surface area (Å²) in [6.07, 6.45) is 18.8. The van der Waals surface area contributed by atoms with Gasteiger partial charge in [-0.1, -0.05) is 76.6 Å². The maximum Gasteiger partial charge on any atom is 0.0583 e. The third kappa shape index (κ3) is 4.98. The van der Waals surface area contributed by atoms with Gasteiger partial charge in [-0.2, -0.15) is 0 Å². The highest BCUT2D eigenvalue weighted by atomic mass is 16.3. The van der Waals surface area contributed by atoms with E-state index in [0.717, 1.165) is 37.0 Å². The number of rotatable bonds is 5. The summed E-state index contributed by atoms with van der Waals surface area (Å²) < 4.78 is 0. The van der Waals surface area contributed by atoms with Crippen molar-refractivity contribution in [1.29, 1.82) is 0 Å². The summed E-state index contributed by atoms with van der Waals surface area (Å²) in [7, 11) is 0. The average Bonchev–Trinajstić information content (AvgIpc) is 3.04. The van der Waals surface area contributed by atoms with Crippen LogP contribution < -0.4 is 0 Å². The summed E-state index contributed by atoms with van der Waals surface area (Å²) >= 11 is 0. The van der Waals surface area contributed by atoms with Gasteiger partial charge in [0.05, 0.1) is 6.10 Å². The Balaban J connectivity index is 1.75. The van der Waals surface area contributed by atoms with E-state index < -0.39 is 0 Å². The molecule has 0 radical (unpaired) electrons. The van der Waals surface area contributed by atoms with Crippen LogP contribution in [0.3, 0.4) is 0 Å². The molecule has 0 aromatic carbocycles. The molecule has 1 unspecified atom stereocenters. The molecule has 0 bridgehead atoms. The van der Waals surface area contributed by atoms with E-state index in [2.05, 4.69) is 65.5 Å². The molecule has 1 heteroatoms. The van der Waals surface area contributed by atoms with Crippen molar-refractivity contribution < 1.29 is 5.11 Å². The van der Waals surface area contributed by atoms with Gasteiger partial charge >= 0.3 is 0 Å². The second-order valence-electron chi connectivity index (χ2n) is 10.9. The quantitative estimate of drug-likeness (QED) is 0.473. The summed E-state index contributed by atoms with van der Waals surface area (Å²) in [6, 6.07) is 0. The average molecular weight is 397 g/mol. The van der Waals surface area contributed by atoms with E-state index in [-0.39, 0.29) is 6.10 Å². The molecule has 1 N–H and O–H groups in total. The molecule has 29 heavy (non-hydrogen) atoms. The van der Waals surface area contributed by atoms with Crippen molar-refractivity contribution in [2.75, 3.05) is 0 Å². The number of hydrogen-bond acceptors (Lipinski definition) is 1. The number of aliphatic hydroxyl groups is 1. The van der Waals surface area contributed by atoms with E-state index in [1.54, 1.807) is 5.57 Å². The molecule has 0 aliphatic heterocycles. The van der Waals surface area contributed by atoms with Gasteiger partial charge in [0.1, 0.15) is 0 Å². The highest BCUT2D eigenvalue weighted by Gasteiger charge is 2.50. The largest absolute Gasteiger partial charge is 0.393 e. The zero-order valence-corrected chi connectivity index (χ0v) is 19.6. The van der Waals surface area contributed by atoms with Crippen LogP contribution in [0.1, 0.15) is 86.0 Å². The van der Waals surface area contributed by atoms with Crippen LogP contribution in [0.15, 0.2) is 47.6 Å². The van der Waals surface area contributed by atoms with Crippen LogP contribution in [0.4, 0.5) is 0 Å². The molecule has 3 aliphatic rings. The monoisotopic (exact) mass is 396 g/mol. The summed E-state index contributed by atoms with van der Waals surface area (Å²) in [6.45, 7) is 16.3. The minimum absolute atomic E-state index is 0.182. The third-order valence-corrected chi connectivity index (χ3v) is 8.63. The predicted molar refractivity (Wildman–Crippen MR) is 126 cm³/mol. The van der Waals surface area contributed by atoms with Crippen molar-refractivity contribution >= 4 is 0 Å². The normalized spacial score (nSPS) is 38.2. The van der Waals surface area contributed by atoms with Gasteiger partial charge in [0.15, 0.2) is 0 Å². The van der Waals surface area contributed by atoms with Crippen LogP contribution in [-0.4, -0.2) is 11.2 Å². The van der Waals surface area contributed by atoms with Gasteiger partial charge in [-0.15, -0.1) is 0 Å². The molecule has 6 atom stereocenters. The van der Waals surface area contributed by atoms with Crippen molar-refractivity contribution in [2.45, 2.75) is 92.1 Å². The molecule has 3 fully saturated rings. The van der Waals surface area contributed by atoms with Crippen LogP contribution in [0.5, 0.6) is 0 Å². The van der Waals surface area contributed by atoms with E-state index in [1.807, 2.05) is 0 Å². The Morgan fingerprint density at radius 3 is 2.52 bits per heavy atom. The molecule has 1 nitrogen and oxygen atoms in total. The molecule has 0 aromatic rings. The molecule has 3 rings (SSSR count). The third-order valence-electron chi connectivity index (χ3n) is 8.63. The Morgan fingerprint density at radius 1 is 1.03 bits per heavy atom. The second kappa shape index (κ2) is 9.38. The first kappa shape index (κ1) is 22.6. The fraction of sp³-hybridized carbons (Fsp3) is 0.714. The molecule has 3 saturated carbocycles. The molecule has 0 spiro atoms. The zero-order chi connectivity index (χ0) is 21.2. The molecule has 162 valence electrons. The predicted octanol–water partition coefficient (Wildman–Crippen LogP) is 7.64. The Bertz CT molecular complexity index is 678. The number of aliphatic hydroxyl groups excluding tert-OH is 1. The summed E-state index contributed by atoms with van der Waals surface area (Å²) in [5.41, 5.74) is 4.61. The van der Waals surface area contributed by atoms with E-state index in [4.69, 9.17) is 0 Å². The standard InChI is InChI=1S/C28H44O/c1-19(2)20(3)9-10-22(5)26-15-16-27-23(8-7-17-28(26,27)6)12-13-24-18-25(29)14-11-21(24)4/h9-10,12-13,19-20,22,25-27,29H,4,7-8,11,14-18H2,1-3,5-6H3/b10-9+,23-12+,24-13-/t20-,22?,25-,26+,27-,28+/m0/s1. The Labute approximate surface area is 180 Å². The zero-order valence-electron chi connectivity index (χ0n) is 19.6. The fourth-order valence-corrected chi connectivity index (χ4v) is 6.25. The number of allylic oxidation sites excluding steroid dienone is 6. The van der Waals surface area contributed by atoms with E-state index in [9.17, 15) is 5.11 Å². The van der Waals surface area contributed by atoms with Crippen molar-refractivity contribution in [2.24, 2.45) is 35.0 Å². The van der Waals surface area contributed by atoms with Crippen molar-refractivity contribution in [1.82, 2.24) is 0 Å². The van der Waals surface area contributed by atoms with E-state index >= 15 is 0 Å². The summed E-state index contributed by atoms with van der Waals surface area (Å²) in [5, 5.41) is 10.0. The molecule has 0 amide bonds. The molecular weight excluding hydrogens is 352 g/mol. The SMILES string of the molecule is C=C1CC[C@H](O)C/C1=C/C=C1\CCC[C@]2(C)[C@@H](C(C)/C=C/[C@H](C)C(C)C)CC[C@@H]12. The minimum Gasteiger partial charge on any atom is -0.393 e. The van der Waals surface area contributed by atoms with Gasteiger partial charge in [-0.25, -0.2) is 0 Å². The number of fused-ring (bicyclic) bond motifs is 1. The molecule has 0 heterocycles. The van der Waals surface area contributed by atoms with E-state index in [0.29, 0.717) is 17.3 Å². The first-order chi connectivity index (χ1) is 13.7. The maximum atomic E-state index is 10.0. The van der Waals surface area contributed by atoms with Gasteiger partial charge in [-0.05, 0) is 91.9 Å². The summed E-state index contributed by atoms with van der Waals surface area (Å²) in [5.74, 6) is 3.58. The second-order valence-corrected chi connectivity index (χ2v) is 10.9. The van der Waals surface area contributed by atoms with Crippen molar-refractivity contribution in [3.63, 3.8) is 0 Å². The van der Waals surface area contributed by atoms with Gasteiger partial charge < -0.3 is 5.11 Å². The lowest BCUT2D eigenvalue weighted by Crippen LogP contribution is -2.35. The van der Waals surface area contributed by atoms with Crippen LogP contribution >= 0.6 is 0 Å². The van der Waals surface area contributed by atoms with Crippen LogP contribution in [0, 0.1) is 35.0 Å². The first-order valence-corrected chi connectivity index (χ1v) is 12.2. The van der Waals surface area contributed by atoms with Crippen LogP contribution in [-0.2, 0) is 0 Å². The smallest absolute Gasteiger partial charge is 0.0583 e. The van der Waals surface area contributed by atoms with Gasteiger partial charge in [0.2, 0.25) is 0 Å². The van der Waals surface area contributed by atoms with Gasteiger partial charge in [0.25, 0.3) is 0 Å². The lowest BCUT2D eigenvalue weighted by atomic mass is 9.61. The highest BCUT2D eigenvalue weighted by Crippen LogP contribution is 2.59. The Kier molecular flexibility index (Phi) is 7.31. The number of hydrogen-bond donors (Lipinski definition) is 1. The highest BCUT2D eigenvalue weighted by molar-refractivity contribution is 5.36. The Hall–Kier alpha value is -1.08. The Morgan fingerprint density at radius 2 is 1.79 bits per heavy atom. The van der Waals surface area contributed by atoms with Crippen LogP contribution in [0.2, 0.25) is 0 Å². The lowest BCUT2D eigenvalue weighted by Gasteiger charge is -2.44. The van der Waals surface area contributed by atoms with E-state index in [1.165, 1.54) is 43.3 Å².